The minimum absolute atomic E-state index is 0.118. The highest BCUT2D eigenvalue weighted by molar-refractivity contribution is 7.88. The van der Waals surface area contributed by atoms with E-state index in [1.807, 2.05) is 0 Å². The molecule has 1 atom stereocenters. The van der Waals surface area contributed by atoms with Gasteiger partial charge < -0.3 is 5.11 Å². The second-order valence-corrected chi connectivity index (χ2v) is 7.43. The smallest absolute Gasteiger partial charge is 0.379 e. The van der Waals surface area contributed by atoms with Gasteiger partial charge in [0.15, 0.2) is 5.60 Å². The van der Waals surface area contributed by atoms with Gasteiger partial charge in [-0.15, -0.1) is 0 Å². The van der Waals surface area contributed by atoms with E-state index in [0.29, 0.717) is 9.87 Å². The molecule has 1 heterocycles. The molecule has 1 aliphatic rings. The van der Waals surface area contributed by atoms with Crippen molar-refractivity contribution < 1.29 is 31.1 Å². The molecule has 1 fully saturated rings. The maximum Gasteiger partial charge on any atom is 0.418 e. The lowest BCUT2D eigenvalue weighted by Gasteiger charge is -2.25. The van der Waals surface area contributed by atoms with Gasteiger partial charge in [0.2, 0.25) is 10.0 Å². The first-order valence-corrected chi connectivity index (χ1v) is 8.07. The van der Waals surface area contributed by atoms with Gasteiger partial charge in [-0.3, -0.25) is 0 Å². The zero-order chi connectivity index (χ0) is 16.8. The lowest BCUT2D eigenvalue weighted by molar-refractivity contribution is -0.252. The molecule has 1 aromatic carbocycles. The van der Waals surface area contributed by atoms with Crippen molar-refractivity contribution in [2.75, 3.05) is 13.1 Å². The van der Waals surface area contributed by atoms with Gasteiger partial charge in [0.25, 0.3) is 0 Å². The monoisotopic (exact) mass is 341 g/mol. The van der Waals surface area contributed by atoms with Gasteiger partial charge in [0.1, 0.15) is 5.82 Å². The number of β-amino-alcohol motifs (C(OH)–C–C–N with tert-alkyl or cyclic N) is 1. The lowest BCUT2D eigenvalue weighted by Crippen LogP contribution is -2.48. The third-order valence-electron chi connectivity index (χ3n) is 3.68. The Kier molecular flexibility index (Phi) is 4.27. The van der Waals surface area contributed by atoms with Gasteiger partial charge >= 0.3 is 6.18 Å². The molecular formula is C13H15F4NO3S. The summed E-state index contributed by atoms with van der Waals surface area (Å²) in [5.41, 5.74) is -2.56. The van der Waals surface area contributed by atoms with E-state index < -0.39 is 52.9 Å². The number of halogens is 4. The molecule has 1 N–H and O–H groups in total. The third kappa shape index (κ3) is 3.26. The fourth-order valence-electron chi connectivity index (χ4n) is 2.29. The molecule has 4 nitrogen and oxygen atoms in total. The summed E-state index contributed by atoms with van der Waals surface area (Å²) in [4.78, 5) is 0. The van der Waals surface area contributed by atoms with Crippen LogP contribution in [0, 0.1) is 12.7 Å². The van der Waals surface area contributed by atoms with Crippen molar-refractivity contribution in [2.45, 2.75) is 30.9 Å². The Labute approximate surface area is 125 Å². The summed E-state index contributed by atoms with van der Waals surface area (Å²) in [6.45, 7) is 0.114. The molecule has 0 spiro atoms. The zero-order valence-corrected chi connectivity index (χ0v) is 12.5. The average molecular weight is 341 g/mol. The number of aliphatic hydroxyl groups is 1. The summed E-state index contributed by atoms with van der Waals surface area (Å²) in [6, 6.07) is 3.96. The highest BCUT2D eigenvalue weighted by Crippen LogP contribution is 2.38. The minimum Gasteiger partial charge on any atom is -0.379 e. The van der Waals surface area contributed by atoms with Crippen molar-refractivity contribution >= 4 is 10.0 Å². The standard InChI is InChI=1S/C13H15F4NO3S/c1-9-2-3-10(11(14)6-9)7-22(20,21)18-5-4-12(19,8-18)13(15,16)17/h2-3,6,19H,4-5,7-8H2,1H3. The number of sulfonamides is 1. The number of alkyl halides is 3. The second-order valence-electron chi connectivity index (χ2n) is 5.46. The molecule has 1 unspecified atom stereocenters. The van der Waals surface area contributed by atoms with Gasteiger partial charge in [-0.05, 0) is 18.6 Å². The van der Waals surface area contributed by atoms with Crippen LogP contribution in [0.4, 0.5) is 17.6 Å². The molecule has 22 heavy (non-hydrogen) atoms. The highest BCUT2D eigenvalue weighted by atomic mass is 32.2. The van der Waals surface area contributed by atoms with Gasteiger partial charge in [0, 0.05) is 18.5 Å². The molecule has 0 aliphatic carbocycles. The van der Waals surface area contributed by atoms with Gasteiger partial charge in [-0.25, -0.2) is 12.8 Å². The number of nitrogens with zero attached hydrogens (tertiary/aromatic N) is 1. The van der Waals surface area contributed by atoms with E-state index in [0.717, 1.165) is 6.07 Å². The summed E-state index contributed by atoms with van der Waals surface area (Å²) in [7, 11) is -4.15. The maximum absolute atomic E-state index is 13.7. The molecule has 124 valence electrons. The maximum atomic E-state index is 13.7. The van der Waals surface area contributed by atoms with Crippen molar-refractivity contribution in [1.82, 2.24) is 4.31 Å². The minimum atomic E-state index is -4.91. The molecule has 2 rings (SSSR count). The van der Waals surface area contributed by atoms with Crippen molar-refractivity contribution in [3.63, 3.8) is 0 Å². The van der Waals surface area contributed by atoms with Crippen LogP contribution in [0.1, 0.15) is 17.5 Å². The summed E-state index contributed by atoms with van der Waals surface area (Å²) >= 11 is 0. The van der Waals surface area contributed by atoms with Gasteiger partial charge in [-0.1, -0.05) is 12.1 Å². The Morgan fingerprint density at radius 1 is 1.36 bits per heavy atom. The van der Waals surface area contributed by atoms with Crippen LogP contribution in [-0.4, -0.2) is 42.7 Å². The van der Waals surface area contributed by atoms with Crippen molar-refractivity contribution in [3.05, 3.63) is 35.1 Å². The van der Waals surface area contributed by atoms with E-state index in [9.17, 15) is 31.1 Å². The van der Waals surface area contributed by atoms with Crippen LogP contribution in [0.15, 0.2) is 18.2 Å². The molecule has 0 saturated carbocycles. The molecule has 1 aliphatic heterocycles. The van der Waals surface area contributed by atoms with Crippen LogP contribution >= 0.6 is 0 Å². The van der Waals surface area contributed by atoms with Crippen LogP contribution in [0.3, 0.4) is 0 Å². The predicted octanol–water partition coefficient (Wildman–Crippen LogP) is 1.96. The number of hydrogen-bond donors (Lipinski definition) is 1. The van der Waals surface area contributed by atoms with Crippen molar-refractivity contribution in [2.24, 2.45) is 0 Å². The SMILES string of the molecule is Cc1ccc(CS(=O)(=O)N2CCC(O)(C(F)(F)F)C2)c(F)c1. The molecule has 1 saturated heterocycles. The molecule has 0 aromatic heterocycles. The van der Waals surface area contributed by atoms with E-state index in [4.69, 9.17) is 0 Å². The van der Waals surface area contributed by atoms with E-state index in [1.54, 1.807) is 6.92 Å². The van der Waals surface area contributed by atoms with Crippen LogP contribution in [-0.2, 0) is 15.8 Å². The number of hydrogen-bond acceptors (Lipinski definition) is 3. The molecule has 0 amide bonds. The molecule has 0 radical (unpaired) electrons. The zero-order valence-electron chi connectivity index (χ0n) is 11.7. The predicted molar refractivity (Wildman–Crippen MR) is 71.0 cm³/mol. The first-order chi connectivity index (χ1) is 9.95. The second kappa shape index (κ2) is 5.47. The molecule has 0 bridgehead atoms. The number of benzene rings is 1. The number of rotatable bonds is 3. The Morgan fingerprint density at radius 3 is 2.50 bits per heavy atom. The quantitative estimate of drug-likeness (QED) is 0.855. The van der Waals surface area contributed by atoms with Crippen molar-refractivity contribution in [1.29, 1.82) is 0 Å². The topological polar surface area (TPSA) is 57.6 Å². The van der Waals surface area contributed by atoms with E-state index >= 15 is 0 Å². The average Bonchev–Trinajstić information content (AvgIpc) is 2.77. The van der Waals surface area contributed by atoms with Gasteiger partial charge in [0.05, 0.1) is 12.3 Å². The fraction of sp³-hybridized carbons (Fsp3) is 0.538. The molecular weight excluding hydrogens is 326 g/mol. The Morgan fingerprint density at radius 2 is 2.00 bits per heavy atom. The Hall–Kier alpha value is -1.19. The van der Waals surface area contributed by atoms with E-state index in [-0.39, 0.29) is 5.56 Å². The number of aryl methyl sites for hydroxylation is 1. The third-order valence-corrected chi connectivity index (χ3v) is 5.45. The fourth-order valence-corrected chi connectivity index (χ4v) is 3.87. The summed E-state index contributed by atoms with van der Waals surface area (Å²) in [5, 5.41) is 9.51. The highest BCUT2D eigenvalue weighted by Gasteiger charge is 2.58. The first kappa shape index (κ1) is 17.2. The molecule has 9 heteroatoms. The van der Waals surface area contributed by atoms with Crippen LogP contribution in [0.2, 0.25) is 0 Å². The van der Waals surface area contributed by atoms with E-state index in [2.05, 4.69) is 0 Å². The van der Waals surface area contributed by atoms with Gasteiger partial charge in [-0.2, -0.15) is 17.5 Å². The molecule has 1 aromatic rings. The lowest BCUT2D eigenvalue weighted by atomic mass is 10.0. The van der Waals surface area contributed by atoms with E-state index in [1.165, 1.54) is 12.1 Å². The van der Waals surface area contributed by atoms with Crippen LogP contribution < -0.4 is 0 Å². The summed E-state index contributed by atoms with van der Waals surface area (Å²) in [5.74, 6) is -1.47. The summed E-state index contributed by atoms with van der Waals surface area (Å²) in [6.07, 6.45) is -5.64. The first-order valence-electron chi connectivity index (χ1n) is 6.47. The Bertz CT molecular complexity index is 674. The summed E-state index contributed by atoms with van der Waals surface area (Å²) < 4.78 is 76.7. The normalized spacial score (nSPS) is 23.9. The largest absolute Gasteiger partial charge is 0.418 e. The Balaban J connectivity index is 2.19. The van der Waals surface area contributed by atoms with Crippen LogP contribution in [0.25, 0.3) is 0 Å². The van der Waals surface area contributed by atoms with Crippen LogP contribution in [0.5, 0.6) is 0 Å². The van der Waals surface area contributed by atoms with Crippen molar-refractivity contribution in [3.8, 4) is 0 Å².